The van der Waals surface area contributed by atoms with E-state index in [0.717, 1.165) is 55.7 Å². The van der Waals surface area contributed by atoms with Crippen molar-refractivity contribution < 1.29 is 19.1 Å². The zero-order valence-corrected chi connectivity index (χ0v) is 24.3. The maximum absolute atomic E-state index is 14.6. The molecule has 4 aromatic rings. The van der Waals surface area contributed by atoms with E-state index in [9.17, 15) is 19.1 Å². The fourth-order valence-electron chi connectivity index (χ4n) is 7.18. The molecule has 0 aliphatic carbocycles. The van der Waals surface area contributed by atoms with Gasteiger partial charge in [-0.05, 0) is 61.6 Å². The summed E-state index contributed by atoms with van der Waals surface area (Å²) in [6, 6.07) is 14.1. The summed E-state index contributed by atoms with van der Waals surface area (Å²) in [7, 11) is 0. The molecule has 3 aromatic heterocycles. The molecule has 0 bridgehead atoms. The predicted molar refractivity (Wildman–Crippen MR) is 159 cm³/mol. The number of carbonyl (C=O) groups is 2. The van der Waals surface area contributed by atoms with E-state index in [2.05, 4.69) is 37.9 Å². The number of aryl methyl sites for hydroxylation is 1. The number of amides is 1. The number of carbonyl (C=O) groups excluding carboxylic acids is 1. The second-order valence-corrected chi connectivity index (χ2v) is 12.6. The molecule has 1 unspecified atom stereocenters. The van der Waals surface area contributed by atoms with Gasteiger partial charge in [0.1, 0.15) is 11.6 Å². The number of aromatic carboxylic acids is 1. The van der Waals surface area contributed by atoms with Gasteiger partial charge in [0.25, 0.3) is 5.91 Å². The Labute approximate surface area is 248 Å². The highest BCUT2D eigenvalue weighted by Crippen LogP contribution is 2.41. The van der Waals surface area contributed by atoms with E-state index in [4.69, 9.17) is 0 Å². The number of likely N-dealkylation sites (tertiary alicyclic amines) is 1. The minimum atomic E-state index is -1.04. The Morgan fingerprint density at radius 1 is 0.930 bits per heavy atom. The summed E-state index contributed by atoms with van der Waals surface area (Å²) < 4.78 is 16.3. The van der Waals surface area contributed by atoms with Crippen LogP contribution in [0.5, 0.6) is 0 Å². The van der Waals surface area contributed by atoms with Crippen LogP contribution in [0.3, 0.4) is 0 Å². The maximum atomic E-state index is 14.6. The van der Waals surface area contributed by atoms with Crippen molar-refractivity contribution in [2.45, 2.75) is 38.5 Å². The summed E-state index contributed by atoms with van der Waals surface area (Å²) >= 11 is 0. The molecule has 1 N–H and O–H groups in total. The third-order valence-corrected chi connectivity index (χ3v) is 9.60. The third-order valence-electron chi connectivity index (χ3n) is 9.60. The minimum Gasteiger partial charge on any atom is -0.477 e. The number of halogens is 1. The lowest BCUT2D eigenvalue weighted by atomic mass is 9.81. The van der Waals surface area contributed by atoms with Crippen LogP contribution in [-0.2, 0) is 5.41 Å². The van der Waals surface area contributed by atoms with Gasteiger partial charge in [0.2, 0.25) is 5.82 Å². The van der Waals surface area contributed by atoms with Crippen LogP contribution >= 0.6 is 0 Å². The van der Waals surface area contributed by atoms with Gasteiger partial charge in [0, 0.05) is 50.1 Å². The number of carboxylic acids is 1. The van der Waals surface area contributed by atoms with Gasteiger partial charge < -0.3 is 19.8 Å². The van der Waals surface area contributed by atoms with Crippen molar-refractivity contribution in [2.24, 2.45) is 5.41 Å². The Morgan fingerprint density at radius 3 is 2.53 bits per heavy atom. The van der Waals surface area contributed by atoms with E-state index < -0.39 is 5.97 Å². The van der Waals surface area contributed by atoms with Gasteiger partial charge in [-0.2, -0.15) is 0 Å². The molecule has 2 atom stereocenters. The number of pyridine rings is 2. The summed E-state index contributed by atoms with van der Waals surface area (Å²) in [6.07, 6.45) is 4.51. The second-order valence-electron chi connectivity index (χ2n) is 12.6. The van der Waals surface area contributed by atoms with Crippen LogP contribution < -0.4 is 9.80 Å². The normalized spacial score (nSPS) is 23.7. The zero-order valence-electron chi connectivity index (χ0n) is 24.3. The first-order valence-corrected chi connectivity index (χ1v) is 14.7. The number of aromatic nitrogens is 4. The molecule has 0 radical (unpaired) electrons. The van der Waals surface area contributed by atoms with Crippen LogP contribution in [0.2, 0.25) is 0 Å². The first-order chi connectivity index (χ1) is 20.6. The molecule has 1 amide bonds. The van der Waals surface area contributed by atoms with Crippen molar-refractivity contribution in [3.05, 3.63) is 83.2 Å². The van der Waals surface area contributed by atoms with Gasteiger partial charge in [-0.1, -0.05) is 31.2 Å². The van der Waals surface area contributed by atoms with Gasteiger partial charge >= 0.3 is 5.97 Å². The number of benzene rings is 1. The van der Waals surface area contributed by atoms with Crippen molar-refractivity contribution in [3.8, 4) is 0 Å². The summed E-state index contributed by atoms with van der Waals surface area (Å²) in [4.78, 5) is 40.1. The molecule has 6 heterocycles. The molecule has 1 aromatic carbocycles. The number of carboxylic acid groups (broad SMARTS) is 1. The van der Waals surface area contributed by atoms with Crippen LogP contribution in [0, 0.1) is 18.2 Å². The lowest BCUT2D eigenvalue weighted by Crippen LogP contribution is -2.34. The number of anilines is 2. The molecule has 43 heavy (non-hydrogen) atoms. The lowest BCUT2D eigenvalue weighted by molar-refractivity contribution is 0.0689. The van der Waals surface area contributed by atoms with E-state index in [0.29, 0.717) is 31.1 Å². The van der Waals surface area contributed by atoms with E-state index in [-0.39, 0.29) is 34.1 Å². The van der Waals surface area contributed by atoms with Gasteiger partial charge in [-0.3, -0.25) is 4.79 Å². The quantitative estimate of drug-likeness (QED) is 0.373. The summed E-state index contributed by atoms with van der Waals surface area (Å²) in [6.45, 7) is 8.26. The summed E-state index contributed by atoms with van der Waals surface area (Å²) in [5, 5.41) is 13.9. The molecule has 1 spiro atoms. The number of hydrogen-bond acceptors (Lipinski definition) is 7. The molecule has 3 saturated heterocycles. The number of fused-ring (bicyclic) bond motifs is 1. The van der Waals surface area contributed by atoms with Crippen LogP contribution in [0.1, 0.15) is 58.4 Å². The second kappa shape index (κ2) is 10.0. The summed E-state index contributed by atoms with van der Waals surface area (Å²) in [5.41, 5.74) is 2.94. The van der Waals surface area contributed by atoms with Crippen molar-refractivity contribution >= 4 is 29.0 Å². The number of nitrogens with zero attached hydrogens (tertiary/aromatic N) is 7. The SMILES string of the molecule is Cc1cc(N2CCC(C)(c3ccccc3F)C2)cn2nc(C(=O)N3CC[C@@]4(CCN(c5cccc(C(=O)O)n5)C4)C3)nc12. The smallest absolute Gasteiger partial charge is 0.354 e. The van der Waals surface area contributed by atoms with Crippen LogP contribution in [0.25, 0.3) is 5.65 Å². The van der Waals surface area contributed by atoms with Crippen LogP contribution in [0.4, 0.5) is 15.9 Å². The average molecular weight is 584 g/mol. The fourth-order valence-corrected chi connectivity index (χ4v) is 7.18. The largest absolute Gasteiger partial charge is 0.477 e. The number of rotatable bonds is 5. The maximum Gasteiger partial charge on any atom is 0.354 e. The van der Waals surface area contributed by atoms with Crippen molar-refractivity contribution in [1.29, 1.82) is 0 Å². The highest BCUT2D eigenvalue weighted by molar-refractivity contribution is 5.91. The molecule has 3 aliphatic rings. The molecule has 3 fully saturated rings. The van der Waals surface area contributed by atoms with Crippen molar-refractivity contribution in [2.75, 3.05) is 49.1 Å². The highest BCUT2D eigenvalue weighted by Gasteiger charge is 2.46. The van der Waals surface area contributed by atoms with E-state index in [1.807, 2.05) is 36.2 Å². The van der Waals surface area contributed by atoms with E-state index >= 15 is 0 Å². The van der Waals surface area contributed by atoms with Gasteiger partial charge in [0.05, 0.1) is 11.9 Å². The van der Waals surface area contributed by atoms with Crippen LogP contribution in [-0.4, -0.2) is 80.7 Å². The fraction of sp³-hybridized carbons (Fsp3) is 0.406. The molecule has 0 saturated carbocycles. The first-order valence-electron chi connectivity index (χ1n) is 14.7. The van der Waals surface area contributed by atoms with Crippen LogP contribution in [0.15, 0.2) is 54.7 Å². The number of hydrogen-bond donors (Lipinski definition) is 1. The Balaban J connectivity index is 1.06. The van der Waals surface area contributed by atoms with E-state index in [1.165, 1.54) is 12.1 Å². The predicted octanol–water partition coefficient (Wildman–Crippen LogP) is 4.18. The highest BCUT2D eigenvalue weighted by atomic mass is 19.1. The molecule has 222 valence electrons. The van der Waals surface area contributed by atoms with Gasteiger partial charge in [-0.25, -0.2) is 23.7 Å². The zero-order chi connectivity index (χ0) is 29.9. The average Bonchev–Trinajstić information content (AvgIpc) is 3.80. The van der Waals surface area contributed by atoms with E-state index in [1.54, 1.807) is 16.6 Å². The molecule has 7 rings (SSSR count). The molecular formula is C32H34FN7O3. The molecular weight excluding hydrogens is 549 g/mol. The Hall–Kier alpha value is -4.54. The van der Waals surface area contributed by atoms with Gasteiger partial charge in [-0.15, -0.1) is 5.10 Å². The molecule has 3 aliphatic heterocycles. The lowest BCUT2D eigenvalue weighted by Gasteiger charge is -2.26. The summed E-state index contributed by atoms with van der Waals surface area (Å²) in [5.74, 6) is -0.560. The first kappa shape index (κ1) is 27.3. The Kier molecular flexibility index (Phi) is 6.37. The van der Waals surface area contributed by atoms with Gasteiger partial charge in [0.15, 0.2) is 11.3 Å². The Morgan fingerprint density at radius 2 is 1.72 bits per heavy atom. The third kappa shape index (κ3) is 4.76. The molecule has 10 nitrogen and oxygen atoms in total. The Bertz CT molecular complexity index is 1760. The van der Waals surface area contributed by atoms with Crippen molar-refractivity contribution in [1.82, 2.24) is 24.5 Å². The minimum absolute atomic E-state index is 0.0295. The topological polar surface area (TPSA) is 107 Å². The standard InChI is InChI=1S/C32H34FN7O3/c1-21-16-22(37-13-10-31(2,18-37)23-6-3-4-7-24(23)33)17-40-28(21)35-27(36-40)29(41)39-15-12-32(20-39)11-14-38(19-32)26-9-5-8-25(34-26)30(42)43/h3-9,16-17H,10-15,18-20H2,1-2H3,(H,42,43)/t31?,32-/m1/s1. The monoisotopic (exact) mass is 583 g/mol. The molecule has 11 heteroatoms. The van der Waals surface area contributed by atoms with Crippen molar-refractivity contribution in [3.63, 3.8) is 0 Å².